The van der Waals surface area contributed by atoms with E-state index < -0.39 is 26.5 Å². The van der Waals surface area contributed by atoms with E-state index in [4.69, 9.17) is 18.5 Å². The van der Waals surface area contributed by atoms with Gasteiger partial charge in [-0.2, -0.15) is 0 Å². The van der Waals surface area contributed by atoms with Crippen molar-refractivity contribution >= 4 is 19.8 Å². The second kappa shape index (κ2) is 71.9. The molecular weight excluding hydrogens is 1180 g/mol. The van der Waals surface area contributed by atoms with Crippen LogP contribution in [0.5, 0.6) is 0 Å². The molecule has 94 heavy (non-hydrogen) atoms. The van der Waals surface area contributed by atoms with Crippen molar-refractivity contribution in [2.75, 3.05) is 47.5 Å². The van der Waals surface area contributed by atoms with Gasteiger partial charge in [-0.15, -0.1) is 0 Å². The minimum atomic E-state index is -4.42. The Labute approximate surface area is 576 Å². The number of phosphoric ester groups is 1. The first-order valence-corrected chi connectivity index (χ1v) is 38.3. The van der Waals surface area contributed by atoms with Crippen molar-refractivity contribution in [2.45, 2.75) is 264 Å². The SMILES string of the molecule is CC/C=C\C/C=C\C/C=C\C/C=C\C/C=C\C/C=C\C/C=C\C/C=C\C/C=C\C/C=C\C/C=C\C/C=C\CCCCC(=O)OC(COC(=O)CCCCCCCCCCCCCCCCC/C=C\C/C=C\C/C=C\C/C=C\C/C=C\CC)COP(=O)(O)OCC[N+](C)(C)C. The summed E-state index contributed by atoms with van der Waals surface area (Å²) in [5.74, 6) is -0.860. The van der Waals surface area contributed by atoms with Gasteiger partial charge in [0.2, 0.25) is 0 Å². The molecule has 0 radical (unpaired) electrons. The van der Waals surface area contributed by atoms with Gasteiger partial charge in [0, 0.05) is 12.8 Å². The molecule has 0 spiro atoms. The Morgan fingerprint density at radius 1 is 0.330 bits per heavy atom. The maximum atomic E-state index is 12.9. The van der Waals surface area contributed by atoms with E-state index in [1.54, 1.807) is 0 Å². The third-order valence-electron chi connectivity index (χ3n) is 14.8. The van der Waals surface area contributed by atoms with Gasteiger partial charge in [0.1, 0.15) is 19.8 Å². The van der Waals surface area contributed by atoms with Crippen molar-refractivity contribution < 1.29 is 42.1 Å². The number of nitrogens with zero attached hydrogens (tertiary/aromatic N) is 1. The third-order valence-corrected chi connectivity index (χ3v) is 15.8. The van der Waals surface area contributed by atoms with Gasteiger partial charge in [-0.05, 0) is 148 Å². The molecule has 0 aliphatic rings. The molecule has 1 N–H and O–H groups in total. The lowest BCUT2D eigenvalue weighted by Gasteiger charge is -2.24. The summed E-state index contributed by atoms with van der Waals surface area (Å²) >= 11 is 0. The van der Waals surface area contributed by atoms with Crippen LogP contribution in [-0.2, 0) is 32.7 Å². The summed E-state index contributed by atoms with van der Waals surface area (Å²) in [5, 5.41) is 0. The molecule has 2 unspecified atom stereocenters. The summed E-state index contributed by atoms with van der Waals surface area (Å²) in [6.45, 7) is 4.14. The van der Waals surface area contributed by atoms with Gasteiger partial charge in [0.05, 0.1) is 27.7 Å². The summed E-state index contributed by atoms with van der Waals surface area (Å²) in [7, 11) is 1.42. The van der Waals surface area contributed by atoms with E-state index in [2.05, 4.69) is 220 Å². The Bertz CT molecular complexity index is 2340. The molecule has 528 valence electrons. The highest BCUT2D eigenvalue weighted by Gasteiger charge is 2.27. The van der Waals surface area contributed by atoms with E-state index in [9.17, 15) is 19.0 Å². The first-order chi connectivity index (χ1) is 46.0. The molecule has 0 fully saturated rings. The van der Waals surface area contributed by atoms with Crippen LogP contribution in [0, 0.1) is 0 Å². The van der Waals surface area contributed by atoms with Crippen molar-refractivity contribution in [3.63, 3.8) is 0 Å². The van der Waals surface area contributed by atoms with E-state index in [0.29, 0.717) is 17.4 Å². The van der Waals surface area contributed by atoms with Crippen LogP contribution in [0.2, 0.25) is 0 Å². The van der Waals surface area contributed by atoms with Crippen LogP contribution < -0.4 is 0 Å². The summed E-state index contributed by atoms with van der Waals surface area (Å²) in [4.78, 5) is 35.9. The number of allylic oxidation sites excluding steroid dienone is 34. The van der Waals surface area contributed by atoms with Crippen molar-refractivity contribution in [1.82, 2.24) is 0 Å². The van der Waals surface area contributed by atoms with E-state index in [1.165, 1.54) is 83.5 Å². The van der Waals surface area contributed by atoms with E-state index in [0.717, 1.165) is 141 Å². The number of unbranched alkanes of at least 4 members (excludes halogenated alkanes) is 17. The smallest absolute Gasteiger partial charge is 0.462 e. The molecule has 0 amide bonds. The molecule has 9 nitrogen and oxygen atoms in total. The fourth-order valence-corrected chi connectivity index (χ4v) is 10.0. The predicted octanol–water partition coefficient (Wildman–Crippen LogP) is 24.6. The lowest BCUT2D eigenvalue weighted by Crippen LogP contribution is -2.37. The summed E-state index contributed by atoms with van der Waals surface area (Å²) in [6.07, 6.45) is 114. The number of hydrogen-bond donors (Lipinski definition) is 1. The number of likely N-dealkylation sites (N-methyl/N-ethyl adjacent to an activating group) is 1. The maximum Gasteiger partial charge on any atom is 0.472 e. The van der Waals surface area contributed by atoms with Crippen molar-refractivity contribution in [1.29, 1.82) is 0 Å². The number of quaternary nitrogens is 1. The number of esters is 2. The van der Waals surface area contributed by atoms with Crippen LogP contribution in [0.3, 0.4) is 0 Å². The third kappa shape index (κ3) is 75.6. The first kappa shape index (κ1) is 88.6. The first-order valence-electron chi connectivity index (χ1n) is 36.8. The molecule has 0 saturated carbocycles. The molecule has 2 atom stereocenters. The number of carbonyl (C=O) groups is 2. The molecule has 0 aromatic heterocycles. The lowest BCUT2D eigenvalue weighted by molar-refractivity contribution is -0.870. The van der Waals surface area contributed by atoms with Gasteiger partial charge in [-0.25, -0.2) is 4.57 Å². The average molecular weight is 1320 g/mol. The van der Waals surface area contributed by atoms with Crippen molar-refractivity contribution in [3.8, 4) is 0 Å². The topological polar surface area (TPSA) is 108 Å². The van der Waals surface area contributed by atoms with Crippen LogP contribution in [-0.4, -0.2) is 74.9 Å². The Kier molecular flexibility index (Phi) is 67.7. The van der Waals surface area contributed by atoms with Crippen LogP contribution in [0.1, 0.15) is 258 Å². The lowest BCUT2D eigenvalue weighted by atomic mass is 10.0. The predicted molar refractivity (Wildman–Crippen MR) is 408 cm³/mol. The zero-order valence-corrected chi connectivity index (χ0v) is 61.0. The van der Waals surface area contributed by atoms with Gasteiger partial charge < -0.3 is 18.9 Å². The highest BCUT2D eigenvalue weighted by atomic mass is 31.2. The molecule has 0 aromatic carbocycles. The molecule has 10 heteroatoms. The Morgan fingerprint density at radius 3 is 0.872 bits per heavy atom. The van der Waals surface area contributed by atoms with E-state index in [-0.39, 0.29) is 32.0 Å². The molecule has 0 heterocycles. The molecular formula is C84H135NO8P+. The standard InChI is InChI=1S/C84H134NO8P/c1-6-8-10-12-14-16-18-20-22-24-26-28-30-32-34-36-38-39-40-41-42-43-44-45-47-49-51-53-55-57-59-61-63-65-67-69-71-73-75-77-84(87)93-82(81-92-94(88,89)91-79-78-85(3,4)5)80-90-83(86)76-74-72-70-68-66-64-62-60-58-56-54-52-50-48-46-37-35-33-31-29-27-25-23-21-19-17-15-13-11-9-7-2/h8-11,14-17,20-23,26-29,32-35,38-39,41-42,44-45,49,51,55,57,61,63,67,69,82H,6-7,12-13,18-19,24-25,30-31,36-37,40,43,46-48,50,52-54,56,58-60,62,64-66,68,70-81H2,1-5H3/p+1/b10-8-,11-9-,16-14-,17-15-,22-20-,23-21-,28-26-,29-27-,34-32-,35-33-,39-38-,42-41-,45-44-,51-49-,57-55-,63-61-,69-67-. The van der Waals surface area contributed by atoms with Gasteiger partial charge in [0.15, 0.2) is 6.10 Å². The number of phosphoric acid groups is 1. The normalized spacial score (nSPS) is 14.3. The van der Waals surface area contributed by atoms with Gasteiger partial charge in [-0.3, -0.25) is 18.6 Å². The highest BCUT2D eigenvalue weighted by molar-refractivity contribution is 7.47. The molecule has 0 aliphatic carbocycles. The van der Waals surface area contributed by atoms with E-state index >= 15 is 0 Å². The zero-order valence-electron chi connectivity index (χ0n) is 60.1. The summed E-state index contributed by atoms with van der Waals surface area (Å²) in [6, 6.07) is 0. The van der Waals surface area contributed by atoms with Crippen LogP contribution in [0.15, 0.2) is 207 Å². The number of carbonyl (C=O) groups excluding carboxylic acids is 2. The number of rotatable bonds is 65. The fraction of sp³-hybridized carbons (Fsp3) is 0.571. The second-order valence-electron chi connectivity index (χ2n) is 24.9. The van der Waals surface area contributed by atoms with E-state index in [1.807, 2.05) is 21.1 Å². The minimum absolute atomic E-state index is 0.0125. The van der Waals surface area contributed by atoms with Gasteiger partial charge in [0.25, 0.3) is 0 Å². The Morgan fingerprint density at radius 2 is 0.574 bits per heavy atom. The second-order valence-corrected chi connectivity index (χ2v) is 26.3. The van der Waals surface area contributed by atoms with Crippen LogP contribution in [0.25, 0.3) is 0 Å². The minimum Gasteiger partial charge on any atom is -0.462 e. The largest absolute Gasteiger partial charge is 0.472 e. The summed E-state index contributed by atoms with van der Waals surface area (Å²) < 4.78 is 34.7. The molecule has 0 bridgehead atoms. The molecule has 0 aromatic rings. The number of ether oxygens (including phenoxy) is 2. The Balaban J connectivity index is 4.19. The monoisotopic (exact) mass is 1320 g/mol. The fourth-order valence-electron chi connectivity index (χ4n) is 9.26. The quantitative estimate of drug-likeness (QED) is 0.0211. The van der Waals surface area contributed by atoms with Crippen LogP contribution >= 0.6 is 7.82 Å². The van der Waals surface area contributed by atoms with Crippen LogP contribution in [0.4, 0.5) is 0 Å². The summed E-state index contributed by atoms with van der Waals surface area (Å²) in [5.41, 5.74) is 0. The average Bonchev–Trinajstić information content (AvgIpc) is 1.56. The Hall–Kier alpha value is -5.41. The van der Waals surface area contributed by atoms with Gasteiger partial charge in [-0.1, -0.05) is 304 Å². The molecule has 0 saturated heterocycles. The maximum absolute atomic E-state index is 12.9. The number of hydrogen-bond acceptors (Lipinski definition) is 7. The molecule has 0 aliphatic heterocycles. The van der Waals surface area contributed by atoms with Gasteiger partial charge >= 0.3 is 19.8 Å². The highest BCUT2D eigenvalue weighted by Crippen LogP contribution is 2.43. The zero-order chi connectivity index (χ0) is 68.3. The van der Waals surface area contributed by atoms with Crippen molar-refractivity contribution in [3.05, 3.63) is 207 Å². The van der Waals surface area contributed by atoms with Crippen molar-refractivity contribution in [2.24, 2.45) is 0 Å². The molecule has 0 rings (SSSR count).